The van der Waals surface area contributed by atoms with Gasteiger partial charge in [-0.1, -0.05) is 18.5 Å². The second kappa shape index (κ2) is 9.81. The summed E-state index contributed by atoms with van der Waals surface area (Å²) < 4.78 is 12.2. The van der Waals surface area contributed by atoms with E-state index in [-0.39, 0.29) is 24.8 Å². The molecule has 3 rings (SSSR count). The lowest BCUT2D eigenvalue weighted by Crippen LogP contribution is -2.58. The van der Waals surface area contributed by atoms with Crippen LogP contribution in [0.4, 0.5) is 0 Å². The van der Waals surface area contributed by atoms with Crippen LogP contribution in [0.3, 0.4) is 0 Å². The van der Waals surface area contributed by atoms with Gasteiger partial charge >= 0.3 is 0 Å². The van der Waals surface area contributed by atoms with Crippen LogP contribution in [-0.4, -0.2) is 66.6 Å². The monoisotopic (exact) mass is 422 g/mol. The summed E-state index contributed by atoms with van der Waals surface area (Å²) in [5, 5.41) is 0.681. The van der Waals surface area contributed by atoms with Gasteiger partial charge in [-0.3, -0.25) is 9.59 Å². The van der Waals surface area contributed by atoms with Gasteiger partial charge in [0.2, 0.25) is 11.8 Å². The minimum atomic E-state index is -0.842. The molecule has 2 fully saturated rings. The van der Waals surface area contributed by atoms with E-state index in [1.807, 2.05) is 30.9 Å². The molecule has 0 N–H and O–H groups in total. The first-order chi connectivity index (χ1) is 13.9. The average Bonchev–Trinajstić information content (AvgIpc) is 2.75. The summed E-state index contributed by atoms with van der Waals surface area (Å²) in [7, 11) is 0. The van der Waals surface area contributed by atoms with Crippen molar-refractivity contribution in [3.63, 3.8) is 0 Å². The minimum absolute atomic E-state index is 0.0745. The summed E-state index contributed by atoms with van der Waals surface area (Å²) in [5.41, 5.74) is 0.0838. The van der Waals surface area contributed by atoms with Gasteiger partial charge in [0.25, 0.3) is 0 Å². The molecule has 0 bridgehead atoms. The van der Waals surface area contributed by atoms with E-state index in [4.69, 9.17) is 21.1 Å². The van der Waals surface area contributed by atoms with Gasteiger partial charge in [0.05, 0.1) is 19.6 Å². The zero-order valence-electron chi connectivity index (χ0n) is 17.4. The molecule has 1 atom stereocenters. The third-order valence-corrected chi connectivity index (χ3v) is 6.14. The van der Waals surface area contributed by atoms with Crippen LogP contribution in [0, 0.1) is 6.92 Å². The zero-order chi connectivity index (χ0) is 20.9. The molecule has 1 aromatic carbocycles. The minimum Gasteiger partial charge on any atom is -0.490 e. The molecule has 7 heteroatoms. The number of amides is 2. The Hall–Kier alpha value is -1.79. The molecule has 0 aromatic heterocycles. The van der Waals surface area contributed by atoms with Crippen molar-refractivity contribution in [1.29, 1.82) is 0 Å². The smallest absolute Gasteiger partial charge is 0.225 e. The van der Waals surface area contributed by atoms with Gasteiger partial charge in [-0.05, 0) is 49.9 Å². The van der Waals surface area contributed by atoms with E-state index in [2.05, 4.69) is 0 Å². The van der Waals surface area contributed by atoms with Crippen LogP contribution in [-0.2, 0) is 14.3 Å². The van der Waals surface area contributed by atoms with Gasteiger partial charge in [-0.2, -0.15) is 0 Å². The Morgan fingerprint density at radius 2 is 1.90 bits per heavy atom. The summed E-state index contributed by atoms with van der Waals surface area (Å²) in [6, 6.07) is 5.49. The molecule has 2 heterocycles. The number of hydrogen-bond donors (Lipinski definition) is 0. The van der Waals surface area contributed by atoms with Crippen molar-refractivity contribution in [2.75, 3.05) is 39.4 Å². The van der Waals surface area contributed by atoms with Crippen molar-refractivity contribution in [1.82, 2.24) is 9.80 Å². The highest BCUT2D eigenvalue weighted by Gasteiger charge is 2.42. The molecule has 160 valence electrons. The number of piperidine rings is 1. The Balaban J connectivity index is 1.75. The number of ether oxygens (including phenoxy) is 2. The van der Waals surface area contributed by atoms with Crippen molar-refractivity contribution in [2.45, 2.75) is 51.6 Å². The molecule has 1 aromatic rings. The van der Waals surface area contributed by atoms with Gasteiger partial charge in [0, 0.05) is 31.1 Å². The molecule has 2 saturated heterocycles. The van der Waals surface area contributed by atoms with E-state index in [1.165, 1.54) is 6.42 Å². The van der Waals surface area contributed by atoms with E-state index in [0.717, 1.165) is 31.5 Å². The van der Waals surface area contributed by atoms with Gasteiger partial charge in [-0.15, -0.1) is 0 Å². The predicted octanol–water partition coefficient (Wildman–Crippen LogP) is 3.44. The largest absolute Gasteiger partial charge is 0.490 e. The first-order valence-corrected chi connectivity index (χ1v) is 10.9. The van der Waals surface area contributed by atoms with Crippen LogP contribution < -0.4 is 4.74 Å². The molecule has 0 unspecified atom stereocenters. The predicted molar refractivity (Wildman–Crippen MR) is 112 cm³/mol. The number of hydrogen-bond acceptors (Lipinski definition) is 4. The zero-order valence-corrected chi connectivity index (χ0v) is 18.2. The molecule has 2 aliphatic heterocycles. The van der Waals surface area contributed by atoms with Gasteiger partial charge < -0.3 is 19.3 Å². The van der Waals surface area contributed by atoms with Crippen LogP contribution in [0.5, 0.6) is 5.75 Å². The topological polar surface area (TPSA) is 59.1 Å². The van der Waals surface area contributed by atoms with Crippen LogP contribution >= 0.6 is 11.6 Å². The molecule has 0 radical (unpaired) electrons. The SMILES string of the molecule is CCC(=O)N1CCO[C@@](COc2ccc(Cl)c(C)c2)(CC(=O)N2CCCCC2)C1. The van der Waals surface area contributed by atoms with Crippen molar-refractivity contribution >= 4 is 23.4 Å². The Morgan fingerprint density at radius 1 is 1.14 bits per heavy atom. The fourth-order valence-corrected chi connectivity index (χ4v) is 4.10. The van der Waals surface area contributed by atoms with Crippen molar-refractivity contribution in [3.05, 3.63) is 28.8 Å². The van der Waals surface area contributed by atoms with Gasteiger partial charge in [0.1, 0.15) is 18.0 Å². The number of nitrogens with zero attached hydrogens (tertiary/aromatic N) is 2. The normalized spacial score (nSPS) is 22.4. The Bertz CT molecular complexity index is 736. The third kappa shape index (κ3) is 5.64. The molecular formula is C22H31ClN2O4. The van der Waals surface area contributed by atoms with E-state index < -0.39 is 5.60 Å². The highest BCUT2D eigenvalue weighted by molar-refractivity contribution is 6.31. The number of likely N-dealkylation sites (tertiary alicyclic amines) is 1. The highest BCUT2D eigenvalue weighted by Crippen LogP contribution is 2.28. The highest BCUT2D eigenvalue weighted by atomic mass is 35.5. The second-order valence-corrected chi connectivity index (χ2v) is 8.43. The van der Waals surface area contributed by atoms with Gasteiger partial charge in [-0.25, -0.2) is 0 Å². The number of rotatable bonds is 6. The summed E-state index contributed by atoms with van der Waals surface area (Å²) in [4.78, 5) is 29.0. The van der Waals surface area contributed by atoms with E-state index in [0.29, 0.717) is 36.9 Å². The lowest BCUT2D eigenvalue weighted by molar-refractivity contribution is -0.166. The third-order valence-electron chi connectivity index (χ3n) is 5.72. The second-order valence-electron chi connectivity index (χ2n) is 8.02. The number of benzene rings is 1. The lowest BCUT2D eigenvalue weighted by Gasteiger charge is -2.43. The molecular weight excluding hydrogens is 392 g/mol. The summed E-state index contributed by atoms with van der Waals surface area (Å²) in [6.07, 6.45) is 3.91. The van der Waals surface area contributed by atoms with Crippen LogP contribution in [0.15, 0.2) is 18.2 Å². The Morgan fingerprint density at radius 3 is 2.59 bits per heavy atom. The molecule has 2 aliphatic rings. The average molecular weight is 423 g/mol. The lowest BCUT2D eigenvalue weighted by atomic mass is 9.96. The molecule has 0 saturated carbocycles. The van der Waals surface area contributed by atoms with Crippen LogP contribution in [0.2, 0.25) is 5.02 Å². The first kappa shape index (κ1) is 21.9. The molecule has 2 amide bonds. The Labute approximate surface area is 178 Å². The fourth-order valence-electron chi connectivity index (χ4n) is 3.98. The fraction of sp³-hybridized carbons (Fsp3) is 0.636. The maximum Gasteiger partial charge on any atom is 0.225 e. The number of morpholine rings is 1. The number of halogens is 1. The number of aryl methyl sites for hydroxylation is 1. The molecule has 6 nitrogen and oxygen atoms in total. The summed E-state index contributed by atoms with van der Waals surface area (Å²) in [5.74, 6) is 0.830. The van der Waals surface area contributed by atoms with Crippen molar-refractivity contribution in [3.8, 4) is 5.75 Å². The standard InChI is InChI=1S/C22H31ClN2O4/c1-3-20(26)25-11-12-29-22(15-25,14-21(27)24-9-5-4-6-10-24)16-28-18-7-8-19(23)17(2)13-18/h7-8,13H,3-6,9-12,14-16H2,1-2H3/t22-/m0/s1. The molecule has 0 aliphatic carbocycles. The molecule has 0 spiro atoms. The number of carbonyl (C=O) groups excluding carboxylic acids is 2. The van der Waals surface area contributed by atoms with Crippen LogP contribution in [0.1, 0.15) is 44.6 Å². The van der Waals surface area contributed by atoms with E-state index in [9.17, 15) is 9.59 Å². The van der Waals surface area contributed by atoms with E-state index in [1.54, 1.807) is 11.0 Å². The summed E-state index contributed by atoms with van der Waals surface area (Å²) >= 11 is 6.11. The maximum atomic E-state index is 13.0. The van der Waals surface area contributed by atoms with Crippen molar-refractivity contribution < 1.29 is 19.1 Å². The maximum absolute atomic E-state index is 13.0. The van der Waals surface area contributed by atoms with Gasteiger partial charge in [0.15, 0.2) is 0 Å². The van der Waals surface area contributed by atoms with Crippen molar-refractivity contribution in [2.24, 2.45) is 0 Å². The Kier molecular flexibility index (Phi) is 7.41. The van der Waals surface area contributed by atoms with Crippen LogP contribution in [0.25, 0.3) is 0 Å². The molecule has 29 heavy (non-hydrogen) atoms. The first-order valence-electron chi connectivity index (χ1n) is 10.5. The van der Waals surface area contributed by atoms with E-state index >= 15 is 0 Å². The quantitative estimate of drug-likeness (QED) is 0.704. The summed E-state index contributed by atoms with van der Waals surface area (Å²) in [6.45, 7) is 6.89. The number of carbonyl (C=O) groups is 2.